The second-order valence-corrected chi connectivity index (χ2v) is 10.4. The van der Waals surface area contributed by atoms with E-state index >= 15 is 0 Å². The van der Waals surface area contributed by atoms with E-state index in [1.54, 1.807) is 0 Å². The molecule has 4 nitrogen and oxygen atoms in total. The van der Waals surface area contributed by atoms with Crippen molar-refractivity contribution in [1.82, 2.24) is 9.97 Å². The lowest BCUT2D eigenvalue weighted by molar-refractivity contribution is -0.135. The summed E-state index contributed by atoms with van der Waals surface area (Å²) in [5.74, 6) is -0.0734. The van der Waals surface area contributed by atoms with Gasteiger partial charge in [0.15, 0.2) is 5.78 Å². The van der Waals surface area contributed by atoms with Gasteiger partial charge in [0.25, 0.3) is 0 Å². The molecule has 0 bridgehead atoms. The molecular formula is C31H44N2O2. The average Bonchev–Trinajstić information content (AvgIpc) is 2.88. The van der Waals surface area contributed by atoms with Crippen molar-refractivity contribution in [3.8, 4) is 0 Å². The molecule has 0 N–H and O–H groups in total. The van der Waals surface area contributed by atoms with E-state index < -0.39 is 11.8 Å². The Hall–Kier alpha value is -2.36. The number of aromatic nitrogens is 2. The summed E-state index contributed by atoms with van der Waals surface area (Å²) < 4.78 is 0. The van der Waals surface area contributed by atoms with Crippen LogP contribution in [0.1, 0.15) is 120 Å². The fourth-order valence-corrected chi connectivity index (χ4v) is 5.36. The molecule has 0 spiro atoms. The van der Waals surface area contributed by atoms with Gasteiger partial charge in [-0.1, -0.05) is 102 Å². The summed E-state index contributed by atoms with van der Waals surface area (Å²) in [6.45, 7) is 4.44. The minimum Gasteiger partial charge on any atom is -0.299 e. The van der Waals surface area contributed by atoms with Gasteiger partial charge in [0, 0.05) is 18.8 Å². The quantitative estimate of drug-likeness (QED) is 0.196. The molecule has 4 heteroatoms. The van der Waals surface area contributed by atoms with Crippen LogP contribution >= 0.6 is 0 Å². The first-order valence-corrected chi connectivity index (χ1v) is 14.1. The SMILES string of the molecule is CCCCCCCCc1cnc(C(C(=O)C2CCC(CCCCC)CC2=O)c2ccccc2)nc1. The van der Waals surface area contributed by atoms with Gasteiger partial charge in [-0.15, -0.1) is 0 Å². The van der Waals surface area contributed by atoms with Gasteiger partial charge in [0.05, 0.1) is 5.92 Å². The lowest BCUT2D eigenvalue weighted by atomic mass is 9.73. The largest absolute Gasteiger partial charge is 0.299 e. The number of ketones is 2. The zero-order chi connectivity index (χ0) is 24.9. The molecule has 1 aliphatic carbocycles. The number of hydrogen-bond donors (Lipinski definition) is 0. The van der Waals surface area contributed by atoms with Gasteiger partial charge in [-0.25, -0.2) is 9.97 Å². The van der Waals surface area contributed by atoms with E-state index in [2.05, 4.69) is 23.8 Å². The number of carbonyl (C=O) groups is 2. The first kappa shape index (κ1) is 27.2. The predicted molar refractivity (Wildman–Crippen MR) is 142 cm³/mol. The fraction of sp³-hybridized carbons (Fsp3) is 0.613. The summed E-state index contributed by atoms with van der Waals surface area (Å²) in [7, 11) is 0. The highest BCUT2D eigenvalue weighted by Gasteiger charge is 2.38. The Labute approximate surface area is 212 Å². The molecule has 0 aliphatic heterocycles. The Morgan fingerprint density at radius 3 is 2.23 bits per heavy atom. The molecule has 0 amide bonds. The van der Waals surface area contributed by atoms with Crippen molar-refractivity contribution >= 4 is 11.6 Å². The molecule has 190 valence electrons. The van der Waals surface area contributed by atoms with Gasteiger partial charge in [0.1, 0.15) is 17.5 Å². The molecule has 1 aliphatic rings. The topological polar surface area (TPSA) is 59.9 Å². The van der Waals surface area contributed by atoms with Crippen LogP contribution in [-0.2, 0) is 16.0 Å². The van der Waals surface area contributed by atoms with Crippen molar-refractivity contribution in [2.45, 2.75) is 110 Å². The molecule has 1 aromatic heterocycles. The highest BCUT2D eigenvalue weighted by Crippen LogP contribution is 2.35. The van der Waals surface area contributed by atoms with Crippen molar-refractivity contribution in [2.75, 3.05) is 0 Å². The Morgan fingerprint density at radius 1 is 0.886 bits per heavy atom. The molecule has 3 rings (SSSR count). The van der Waals surface area contributed by atoms with Gasteiger partial charge >= 0.3 is 0 Å². The predicted octanol–water partition coefficient (Wildman–Crippen LogP) is 7.65. The van der Waals surface area contributed by atoms with E-state index in [9.17, 15) is 9.59 Å². The van der Waals surface area contributed by atoms with Crippen LogP contribution in [0.2, 0.25) is 0 Å². The van der Waals surface area contributed by atoms with Crippen LogP contribution in [0.4, 0.5) is 0 Å². The minimum atomic E-state index is -0.579. The van der Waals surface area contributed by atoms with Crippen LogP contribution in [0.25, 0.3) is 0 Å². The molecule has 1 saturated carbocycles. The molecule has 1 fully saturated rings. The number of rotatable bonds is 15. The Bertz CT molecular complexity index is 894. The maximum Gasteiger partial charge on any atom is 0.158 e. The van der Waals surface area contributed by atoms with Gasteiger partial charge in [-0.3, -0.25) is 9.59 Å². The Balaban J connectivity index is 1.66. The number of Topliss-reactive ketones (excluding diaryl/α,β-unsaturated/α-hetero) is 2. The lowest BCUT2D eigenvalue weighted by Gasteiger charge is -2.29. The van der Waals surface area contributed by atoms with Crippen molar-refractivity contribution < 1.29 is 9.59 Å². The van der Waals surface area contributed by atoms with E-state index in [4.69, 9.17) is 0 Å². The summed E-state index contributed by atoms with van der Waals surface area (Å²) in [6, 6.07) is 9.74. The third-order valence-electron chi connectivity index (χ3n) is 7.52. The Morgan fingerprint density at radius 2 is 1.54 bits per heavy atom. The van der Waals surface area contributed by atoms with Crippen LogP contribution in [0.5, 0.6) is 0 Å². The zero-order valence-corrected chi connectivity index (χ0v) is 21.9. The van der Waals surface area contributed by atoms with Gasteiger partial charge in [-0.2, -0.15) is 0 Å². The molecule has 1 heterocycles. The monoisotopic (exact) mass is 476 g/mol. The van der Waals surface area contributed by atoms with Crippen LogP contribution in [0.15, 0.2) is 42.7 Å². The summed E-state index contributed by atoms with van der Waals surface area (Å²) in [6.07, 6.45) is 19.1. The van der Waals surface area contributed by atoms with Gasteiger partial charge in [-0.05, 0) is 42.7 Å². The molecular weight excluding hydrogens is 432 g/mol. The summed E-state index contributed by atoms with van der Waals surface area (Å²) in [5, 5.41) is 0. The van der Waals surface area contributed by atoms with E-state index in [1.807, 2.05) is 42.7 Å². The van der Waals surface area contributed by atoms with Gasteiger partial charge < -0.3 is 0 Å². The summed E-state index contributed by atoms with van der Waals surface area (Å²) in [4.78, 5) is 36.1. The van der Waals surface area contributed by atoms with Crippen molar-refractivity contribution in [3.63, 3.8) is 0 Å². The molecule has 3 atom stereocenters. The zero-order valence-electron chi connectivity index (χ0n) is 21.9. The molecule has 2 aromatic rings. The van der Waals surface area contributed by atoms with Crippen molar-refractivity contribution in [1.29, 1.82) is 0 Å². The maximum absolute atomic E-state index is 13.8. The Kier molecular flexibility index (Phi) is 11.6. The number of aryl methyl sites for hydroxylation is 1. The van der Waals surface area contributed by atoms with E-state index in [-0.39, 0.29) is 11.6 Å². The molecule has 1 aromatic carbocycles. The molecule has 35 heavy (non-hydrogen) atoms. The van der Waals surface area contributed by atoms with Crippen molar-refractivity contribution in [3.05, 3.63) is 59.7 Å². The maximum atomic E-state index is 13.8. The third-order valence-corrected chi connectivity index (χ3v) is 7.52. The second kappa shape index (κ2) is 14.9. The highest BCUT2D eigenvalue weighted by atomic mass is 16.2. The van der Waals surface area contributed by atoms with E-state index in [0.717, 1.165) is 36.8 Å². The van der Waals surface area contributed by atoms with Crippen LogP contribution in [0, 0.1) is 11.8 Å². The number of hydrogen-bond acceptors (Lipinski definition) is 4. The molecule has 0 saturated heterocycles. The summed E-state index contributed by atoms with van der Waals surface area (Å²) in [5.41, 5.74) is 1.99. The third kappa shape index (κ3) is 8.37. The minimum absolute atomic E-state index is 0.0307. The standard InChI is InChI=1S/C31H44N2O2/c1-3-5-7-8-9-12-16-25-22-32-31(33-23-25)29(26-17-13-10-14-18-26)30(35)27-20-19-24(21-28(27)34)15-11-6-4-2/h10,13-14,17-18,22-24,27,29H,3-9,11-12,15-16,19-21H2,1-2H3. The lowest BCUT2D eigenvalue weighted by Crippen LogP contribution is -2.35. The molecule has 3 unspecified atom stereocenters. The van der Waals surface area contributed by atoms with Crippen molar-refractivity contribution in [2.24, 2.45) is 11.8 Å². The van der Waals surface area contributed by atoms with Gasteiger partial charge in [0.2, 0.25) is 0 Å². The van der Waals surface area contributed by atoms with E-state index in [1.165, 1.54) is 51.4 Å². The first-order chi connectivity index (χ1) is 17.1. The number of benzene rings is 1. The number of unbranched alkanes of at least 4 members (excludes halogenated alkanes) is 7. The summed E-state index contributed by atoms with van der Waals surface area (Å²) >= 11 is 0. The van der Waals surface area contributed by atoms with E-state index in [0.29, 0.717) is 24.6 Å². The van der Waals surface area contributed by atoms with Crippen LogP contribution in [0.3, 0.4) is 0 Å². The number of carbonyl (C=O) groups excluding carboxylic acids is 2. The normalized spacial score (nSPS) is 19.0. The van der Waals surface area contributed by atoms with Crippen LogP contribution < -0.4 is 0 Å². The fourth-order valence-electron chi connectivity index (χ4n) is 5.36. The first-order valence-electron chi connectivity index (χ1n) is 14.1. The average molecular weight is 477 g/mol. The second-order valence-electron chi connectivity index (χ2n) is 10.4. The smallest absolute Gasteiger partial charge is 0.158 e. The molecule has 0 radical (unpaired) electrons. The van der Waals surface area contributed by atoms with Crippen LogP contribution in [-0.4, -0.2) is 21.5 Å². The highest BCUT2D eigenvalue weighted by molar-refractivity contribution is 6.06. The number of nitrogens with zero attached hydrogens (tertiary/aromatic N) is 2.